The predicted octanol–water partition coefficient (Wildman–Crippen LogP) is -1.90. The van der Waals surface area contributed by atoms with Crippen LogP contribution in [0.25, 0.3) is 0 Å². The van der Waals surface area contributed by atoms with Crippen LogP contribution < -0.4 is 11.2 Å². The lowest BCUT2D eigenvalue weighted by molar-refractivity contribution is -0.0233. The second-order valence-electron chi connectivity index (χ2n) is 4.80. The molecule has 1 aromatic heterocycles. The van der Waals surface area contributed by atoms with Crippen molar-refractivity contribution < 1.29 is 20.1 Å². The molecule has 0 aromatic carbocycles. The summed E-state index contributed by atoms with van der Waals surface area (Å²) >= 11 is 0. The Bertz CT molecular complexity index is 580. The number of nitrogens with one attached hydrogen (secondary N) is 1. The zero-order chi connectivity index (χ0) is 14.9. The van der Waals surface area contributed by atoms with E-state index in [1.54, 1.807) is 0 Å². The summed E-state index contributed by atoms with van der Waals surface area (Å²) in [5.41, 5.74) is -1.15. The Hall–Kier alpha value is -1.48. The van der Waals surface area contributed by atoms with Crippen molar-refractivity contribution in [2.24, 2.45) is 0 Å². The van der Waals surface area contributed by atoms with Gasteiger partial charge in [-0.15, -0.1) is 0 Å². The molecule has 8 nitrogen and oxygen atoms in total. The van der Waals surface area contributed by atoms with Crippen LogP contribution in [0.1, 0.15) is 25.0 Å². The molecule has 8 heteroatoms. The van der Waals surface area contributed by atoms with Crippen molar-refractivity contribution in [3.63, 3.8) is 0 Å². The Morgan fingerprint density at radius 3 is 2.60 bits per heavy atom. The molecular formula is C12H18N2O6. The number of aromatic amines is 1. The highest BCUT2D eigenvalue weighted by molar-refractivity contribution is 5.14. The van der Waals surface area contributed by atoms with E-state index in [-0.39, 0.29) is 5.56 Å². The molecule has 1 fully saturated rings. The van der Waals surface area contributed by atoms with E-state index in [0.29, 0.717) is 13.0 Å². The molecule has 1 aromatic rings. The molecule has 112 valence electrons. The molecule has 0 radical (unpaired) electrons. The van der Waals surface area contributed by atoms with Gasteiger partial charge in [-0.2, -0.15) is 0 Å². The predicted molar refractivity (Wildman–Crippen MR) is 68.3 cm³/mol. The van der Waals surface area contributed by atoms with Gasteiger partial charge in [-0.3, -0.25) is 9.78 Å². The smallest absolute Gasteiger partial charge is 0.328 e. The van der Waals surface area contributed by atoms with E-state index < -0.39 is 42.3 Å². The Morgan fingerprint density at radius 1 is 1.35 bits per heavy atom. The van der Waals surface area contributed by atoms with E-state index in [1.807, 2.05) is 6.92 Å². The standard InChI is InChI=1S/C12H18N2O6/c1-2-3-14-4-6(11(18)13-12(14)19)10-9(17)8(16)7(5-15)20-10/h4,7-10,15-17H,2-3,5H2,1H3,(H,13,18,19)/t7-,8+,9+,10+/m1/s1. The molecule has 0 spiro atoms. The maximum absolute atomic E-state index is 11.8. The van der Waals surface area contributed by atoms with Crippen molar-refractivity contribution >= 4 is 0 Å². The van der Waals surface area contributed by atoms with Gasteiger partial charge in [0.05, 0.1) is 12.2 Å². The highest BCUT2D eigenvalue weighted by atomic mass is 16.6. The van der Waals surface area contributed by atoms with E-state index in [1.165, 1.54) is 10.8 Å². The third-order valence-corrected chi connectivity index (χ3v) is 3.35. The number of aryl methyl sites for hydroxylation is 1. The van der Waals surface area contributed by atoms with E-state index in [4.69, 9.17) is 9.84 Å². The molecule has 20 heavy (non-hydrogen) atoms. The first kappa shape index (κ1) is 14.9. The molecule has 0 saturated carbocycles. The largest absolute Gasteiger partial charge is 0.394 e. The maximum atomic E-state index is 11.8. The van der Waals surface area contributed by atoms with Crippen LogP contribution in [0.5, 0.6) is 0 Å². The fourth-order valence-corrected chi connectivity index (χ4v) is 2.29. The zero-order valence-electron chi connectivity index (χ0n) is 11.0. The number of aliphatic hydroxyl groups is 3. The van der Waals surface area contributed by atoms with E-state index in [0.717, 1.165) is 0 Å². The van der Waals surface area contributed by atoms with Gasteiger partial charge in [0.2, 0.25) is 0 Å². The fourth-order valence-electron chi connectivity index (χ4n) is 2.29. The highest BCUT2D eigenvalue weighted by Crippen LogP contribution is 2.31. The lowest BCUT2D eigenvalue weighted by atomic mass is 10.0. The first-order chi connectivity index (χ1) is 9.49. The highest BCUT2D eigenvalue weighted by Gasteiger charge is 2.44. The number of rotatable bonds is 4. The second-order valence-corrected chi connectivity index (χ2v) is 4.80. The summed E-state index contributed by atoms with van der Waals surface area (Å²) in [4.78, 5) is 25.6. The van der Waals surface area contributed by atoms with Crippen molar-refractivity contribution in [2.45, 2.75) is 44.3 Å². The number of hydrogen-bond donors (Lipinski definition) is 4. The fraction of sp³-hybridized carbons (Fsp3) is 0.667. The summed E-state index contributed by atoms with van der Waals surface area (Å²) in [5, 5.41) is 28.6. The monoisotopic (exact) mass is 286 g/mol. The minimum atomic E-state index is -1.33. The van der Waals surface area contributed by atoms with Crippen molar-refractivity contribution in [1.29, 1.82) is 0 Å². The van der Waals surface area contributed by atoms with Gasteiger partial charge in [-0.1, -0.05) is 6.92 Å². The lowest BCUT2D eigenvalue weighted by Gasteiger charge is -2.15. The number of aliphatic hydroxyl groups excluding tert-OH is 3. The second kappa shape index (κ2) is 5.88. The van der Waals surface area contributed by atoms with Gasteiger partial charge in [-0.25, -0.2) is 4.79 Å². The molecule has 0 unspecified atom stereocenters. The van der Waals surface area contributed by atoms with Gasteiger partial charge >= 0.3 is 5.69 Å². The Kier molecular flexibility index (Phi) is 4.39. The van der Waals surface area contributed by atoms with Gasteiger partial charge in [0.1, 0.15) is 24.4 Å². The molecule has 1 aliphatic rings. The van der Waals surface area contributed by atoms with Crippen molar-refractivity contribution in [3.05, 3.63) is 32.6 Å². The van der Waals surface area contributed by atoms with Gasteiger partial charge in [0, 0.05) is 12.7 Å². The summed E-state index contributed by atoms with van der Waals surface area (Å²) in [5.74, 6) is 0. The van der Waals surface area contributed by atoms with Crippen molar-refractivity contribution in [1.82, 2.24) is 9.55 Å². The first-order valence-electron chi connectivity index (χ1n) is 6.45. The average molecular weight is 286 g/mol. The van der Waals surface area contributed by atoms with Crippen LogP contribution in [0.4, 0.5) is 0 Å². The summed E-state index contributed by atoms with van der Waals surface area (Å²) in [6.07, 6.45) is -2.63. The van der Waals surface area contributed by atoms with Crippen LogP contribution in [-0.4, -0.2) is 49.8 Å². The number of ether oxygens (including phenoxy) is 1. The molecular weight excluding hydrogens is 268 g/mol. The minimum absolute atomic E-state index is 0.0561. The average Bonchev–Trinajstić information content (AvgIpc) is 2.70. The third-order valence-electron chi connectivity index (χ3n) is 3.35. The summed E-state index contributed by atoms with van der Waals surface area (Å²) in [6, 6.07) is 0. The zero-order valence-corrected chi connectivity index (χ0v) is 11.0. The maximum Gasteiger partial charge on any atom is 0.328 e. The number of H-pyrrole nitrogens is 1. The van der Waals surface area contributed by atoms with Crippen molar-refractivity contribution in [3.8, 4) is 0 Å². The minimum Gasteiger partial charge on any atom is -0.394 e. The SMILES string of the molecule is CCCn1cc([C@@H]2O[C@H](CO)[C@H](O)[C@@H]2O)c(=O)[nH]c1=O. The van der Waals surface area contributed by atoms with E-state index in [2.05, 4.69) is 4.98 Å². The summed E-state index contributed by atoms with van der Waals surface area (Å²) in [7, 11) is 0. The number of aromatic nitrogens is 2. The van der Waals surface area contributed by atoms with Crippen LogP contribution in [0.3, 0.4) is 0 Å². The first-order valence-corrected chi connectivity index (χ1v) is 6.45. The Balaban J connectivity index is 2.40. The van der Waals surface area contributed by atoms with Crippen molar-refractivity contribution in [2.75, 3.05) is 6.61 Å². The Labute approximate surface area is 114 Å². The van der Waals surface area contributed by atoms with Gasteiger partial charge in [0.15, 0.2) is 0 Å². The molecule has 4 N–H and O–H groups in total. The molecule has 4 atom stereocenters. The summed E-state index contributed by atoms with van der Waals surface area (Å²) < 4.78 is 6.60. The number of nitrogens with zero attached hydrogens (tertiary/aromatic N) is 1. The van der Waals surface area contributed by atoms with Crippen LogP contribution >= 0.6 is 0 Å². The summed E-state index contributed by atoms with van der Waals surface area (Å²) in [6.45, 7) is 1.82. The van der Waals surface area contributed by atoms with E-state index >= 15 is 0 Å². The van der Waals surface area contributed by atoms with Crippen LogP contribution in [0.2, 0.25) is 0 Å². The molecule has 1 saturated heterocycles. The molecule has 0 amide bonds. The molecule has 1 aliphatic heterocycles. The number of hydrogen-bond acceptors (Lipinski definition) is 6. The van der Waals surface area contributed by atoms with Gasteiger partial charge in [-0.05, 0) is 6.42 Å². The van der Waals surface area contributed by atoms with Gasteiger partial charge < -0.3 is 24.6 Å². The molecule has 2 heterocycles. The molecule has 0 aliphatic carbocycles. The Morgan fingerprint density at radius 2 is 2.05 bits per heavy atom. The topological polar surface area (TPSA) is 125 Å². The molecule has 0 bridgehead atoms. The molecule has 2 rings (SSSR count). The normalized spacial score (nSPS) is 29.8. The lowest BCUT2D eigenvalue weighted by Crippen LogP contribution is -2.36. The van der Waals surface area contributed by atoms with Gasteiger partial charge in [0.25, 0.3) is 5.56 Å². The van der Waals surface area contributed by atoms with E-state index in [9.17, 15) is 19.8 Å². The van der Waals surface area contributed by atoms with Crippen LogP contribution in [0.15, 0.2) is 15.8 Å². The van der Waals surface area contributed by atoms with Crippen LogP contribution in [0, 0.1) is 0 Å². The van der Waals surface area contributed by atoms with Crippen LogP contribution in [-0.2, 0) is 11.3 Å². The quantitative estimate of drug-likeness (QED) is 0.512. The third kappa shape index (κ3) is 2.55.